The van der Waals surface area contributed by atoms with Crippen LogP contribution in [0.3, 0.4) is 0 Å². The number of amides is 1. The van der Waals surface area contributed by atoms with Crippen molar-refractivity contribution in [3.05, 3.63) is 29.8 Å². The fourth-order valence-corrected chi connectivity index (χ4v) is 3.19. The van der Waals surface area contributed by atoms with E-state index in [4.69, 9.17) is 27.9 Å². The Labute approximate surface area is 164 Å². The first-order valence-electron chi connectivity index (χ1n) is 7.53. The fraction of sp³-hybridized carbons (Fsp3) is 0.467. The normalized spacial score (nSPS) is 13.7. The minimum atomic E-state index is -4.39. The van der Waals surface area contributed by atoms with E-state index >= 15 is 0 Å². The molecule has 2 atom stereocenters. The average molecular weight is 448 g/mol. The first-order valence-corrected chi connectivity index (χ1v) is 10.1. The quantitative estimate of drug-likeness (QED) is 0.461. The molecule has 0 heterocycles. The van der Waals surface area contributed by atoms with Crippen molar-refractivity contribution < 1.29 is 36.3 Å². The third kappa shape index (κ3) is 6.47. The fourth-order valence-electron chi connectivity index (χ4n) is 2.12. The molecule has 0 aromatic heterocycles. The summed E-state index contributed by atoms with van der Waals surface area (Å²) in [6.45, 7) is 0.131. The second-order valence-corrected chi connectivity index (χ2v) is 8.04. The van der Waals surface area contributed by atoms with Gasteiger partial charge in [-0.2, -0.15) is 0 Å². The van der Waals surface area contributed by atoms with Crippen LogP contribution >= 0.6 is 23.2 Å². The van der Waals surface area contributed by atoms with Crippen LogP contribution in [0.2, 0.25) is 0 Å². The lowest BCUT2D eigenvalue weighted by molar-refractivity contribution is -0.121. The summed E-state index contributed by atoms with van der Waals surface area (Å²) in [6, 6.07) is 1.66. The predicted octanol–water partition coefficient (Wildman–Crippen LogP) is 2.86. The van der Waals surface area contributed by atoms with Gasteiger partial charge in [0.15, 0.2) is 16.9 Å². The van der Waals surface area contributed by atoms with Gasteiger partial charge < -0.3 is 14.8 Å². The highest BCUT2D eigenvalue weighted by molar-refractivity contribution is 7.91. The van der Waals surface area contributed by atoms with Gasteiger partial charge >= 0.3 is 6.16 Å². The van der Waals surface area contributed by atoms with Crippen molar-refractivity contribution in [1.29, 1.82) is 0 Å². The number of carbonyl (C=O) groups is 2. The second kappa shape index (κ2) is 10.6. The Bertz CT molecular complexity index is 762. The number of nitrogens with one attached hydrogen (secondary N) is 1. The third-order valence-electron chi connectivity index (χ3n) is 3.25. The van der Waals surface area contributed by atoms with Crippen LogP contribution in [-0.2, 0) is 24.1 Å². The molecule has 1 amide bonds. The van der Waals surface area contributed by atoms with Crippen LogP contribution in [0.15, 0.2) is 29.2 Å². The van der Waals surface area contributed by atoms with E-state index in [9.17, 15) is 26.8 Å². The van der Waals surface area contributed by atoms with E-state index in [1.54, 1.807) is 0 Å². The molecule has 0 aliphatic carbocycles. The molecule has 12 heteroatoms. The number of hydrogen-bond acceptors (Lipinski definition) is 6. The second-order valence-electron chi connectivity index (χ2n) is 5.05. The summed E-state index contributed by atoms with van der Waals surface area (Å²) in [5, 5.41) is 2.11. The molecule has 1 aromatic carbocycles. The van der Waals surface area contributed by atoms with Crippen molar-refractivity contribution in [1.82, 2.24) is 5.32 Å². The van der Waals surface area contributed by atoms with E-state index in [0.717, 1.165) is 6.07 Å². The zero-order valence-corrected chi connectivity index (χ0v) is 16.4. The molecule has 152 valence electrons. The molecular formula is C15H17Cl2F2NO6S. The van der Waals surface area contributed by atoms with Gasteiger partial charge in [-0.05, 0) is 13.0 Å². The Balaban J connectivity index is 3.42. The lowest BCUT2D eigenvalue weighted by Gasteiger charge is -2.27. The number of alkyl halides is 4. The van der Waals surface area contributed by atoms with Crippen LogP contribution in [0.4, 0.5) is 13.6 Å². The first kappa shape index (κ1) is 23.4. The van der Waals surface area contributed by atoms with Gasteiger partial charge in [-0.25, -0.2) is 22.0 Å². The Morgan fingerprint density at radius 1 is 1.22 bits per heavy atom. The van der Waals surface area contributed by atoms with Crippen molar-refractivity contribution in [2.75, 3.05) is 19.3 Å². The lowest BCUT2D eigenvalue weighted by atomic mass is 10.0. The van der Waals surface area contributed by atoms with E-state index in [1.807, 2.05) is 0 Å². The summed E-state index contributed by atoms with van der Waals surface area (Å²) in [5.41, 5.74) is -0.244. The van der Waals surface area contributed by atoms with E-state index in [-0.39, 0.29) is 12.2 Å². The Hall–Kier alpha value is -1.65. The Morgan fingerprint density at radius 2 is 1.85 bits per heavy atom. The average Bonchev–Trinajstić information content (AvgIpc) is 2.64. The molecule has 27 heavy (non-hydrogen) atoms. The molecule has 0 aliphatic heterocycles. The molecule has 0 saturated carbocycles. The van der Waals surface area contributed by atoms with E-state index in [0.29, 0.717) is 0 Å². The van der Waals surface area contributed by atoms with Gasteiger partial charge in [-0.15, -0.1) is 0 Å². The number of carbonyl (C=O) groups excluding carboxylic acids is 2. The number of hydrogen-bond donors (Lipinski definition) is 1. The molecule has 0 radical (unpaired) electrons. The maximum absolute atomic E-state index is 13.6. The Morgan fingerprint density at radius 3 is 2.37 bits per heavy atom. The summed E-state index contributed by atoms with van der Waals surface area (Å²) >= 11 is 10.8. The van der Waals surface area contributed by atoms with Crippen LogP contribution in [-0.4, -0.2) is 50.6 Å². The largest absolute Gasteiger partial charge is 0.508 e. The molecule has 1 aromatic rings. The summed E-state index contributed by atoms with van der Waals surface area (Å²) < 4.78 is 60.2. The molecule has 2 unspecified atom stereocenters. The van der Waals surface area contributed by atoms with Crippen molar-refractivity contribution in [3.8, 4) is 0 Å². The Kier molecular flexibility index (Phi) is 9.20. The number of halogens is 4. The zero-order chi connectivity index (χ0) is 20.6. The van der Waals surface area contributed by atoms with Gasteiger partial charge in [0.1, 0.15) is 6.67 Å². The smallest absolute Gasteiger partial charge is 0.435 e. The summed E-state index contributed by atoms with van der Waals surface area (Å²) in [7, 11) is -4.39. The zero-order valence-electron chi connectivity index (χ0n) is 14.0. The number of sulfone groups is 1. The third-order valence-corrected chi connectivity index (χ3v) is 4.97. The van der Waals surface area contributed by atoms with Crippen molar-refractivity contribution in [2.24, 2.45) is 0 Å². The van der Waals surface area contributed by atoms with Crippen LogP contribution < -0.4 is 5.32 Å². The van der Waals surface area contributed by atoms with E-state index in [2.05, 4.69) is 10.1 Å². The number of ether oxygens (including phenoxy) is 2. The number of benzene rings is 1. The molecule has 0 bridgehead atoms. The van der Waals surface area contributed by atoms with Gasteiger partial charge in [0.05, 0.1) is 17.5 Å². The molecule has 1 N–H and O–H groups in total. The molecule has 7 nitrogen and oxygen atoms in total. The van der Waals surface area contributed by atoms with Gasteiger partial charge in [-0.1, -0.05) is 41.4 Å². The van der Waals surface area contributed by atoms with Crippen LogP contribution in [0.1, 0.15) is 18.6 Å². The van der Waals surface area contributed by atoms with Gasteiger partial charge in [0, 0.05) is 5.56 Å². The molecular weight excluding hydrogens is 431 g/mol. The van der Waals surface area contributed by atoms with Crippen LogP contribution in [0, 0.1) is 0 Å². The maximum Gasteiger partial charge on any atom is 0.508 e. The predicted molar refractivity (Wildman–Crippen MR) is 93.9 cm³/mol. The molecule has 0 fully saturated rings. The van der Waals surface area contributed by atoms with Gasteiger partial charge in [-0.3, -0.25) is 4.79 Å². The molecule has 0 spiro atoms. The molecule has 0 aliphatic rings. The van der Waals surface area contributed by atoms with E-state index < -0.39 is 56.5 Å². The highest BCUT2D eigenvalue weighted by Gasteiger charge is 2.34. The van der Waals surface area contributed by atoms with Crippen molar-refractivity contribution in [3.63, 3.8) is 0 Å². The van der Waals surface area contributed by atoms with Crippen LogP contribution in [0.5, 0.6) is 0 Å². The molecule has 1 rings (SSSR count). The maximum atomic E-state index is 13.6. The SMILES string of the molecule is CCOC(=O)OC(c1ccccc1S(=O)(=O)CF)C(CF)NC(=O)C(Cl)Cl. The highest BCUT2D eigenvalue weighted by atomic mass is 35.5. The summed E-state index contributed by atoms with van der Waals surface area (Å²) in [6.07, 6.45) is -2.89. The number of rotatable bonds is 9. The van der Waals surface area contributed by atoms with Gasteiger partial charge in [0.2, 0.25) is 9.84 Å². The van der Waals surface area contributed by atoms with Crippen molar-refractivity contribution in [2.45, 2.75) is 28.8 Å². The lowest BCUT2D eigenvalue weighted by Crippen LogP contribution is -2.44. The first-order chi connectivity index (χ1) is 12.7. The molecule has 0 saturated heterocycles. The monoisotopic (exact) mass is 447 g/mol. The minimum Gasteiger partial charge on any atom is -0.435 e. The van der Waals surface area contributed by atoms with Crippen molar-refractivity contribution >= 4 is 45.1 Å². The van der Waals surface area contributed by atoms with E-state index in [1.165, 1.54) is 25.1 Å². The topological polar surface area (TPSA) is 98.8 Å². The summed E-state index contributed by atoms with van der Waals surface area (Å²) in [4.78, 5) is 21.4. The minimum absolute atomic E-state index is 0.0753. The van der Waals surface area contributed by atoms with Crippen LogP contribution in [0.25, 0.3) is 0 Å². The summed E-state index contributed by atoms with van der Waals surface area (Å²) in [5.74, 6) is -0.996. The van der Waals surface area contributed by atoms with Gasteiger partial charge in [0.25, 0.3) is 5.91 Å². The standard InChI is InChI=1S/C15H17Cl2F2NO6S/c1-2-25-15(22)26-12(10(7-18)20-14(21)13(16)17)9-5-3-4-6-11(9)27(23,24)8-19/h3-6,10,12-13H,2,7-8H2,1H3,(H,20,21). The highest BCUT2D eigenvalue weighted by Crippen LogP contribution is 2.30.